The number of rotatable bonds is 5. The molecule has 1 aliphatic rings. The zero-order valence-corrected chi connectivity index (χ0v) is 9.03. The molecule has 0 aliphatic carbocycles. The van der Waals surface area contributed by atoms with Crippen molar-refractivity contribution in [3.63, 3.8) is 0 Å². The van der Waals surface area contributed by atoms with Gasteiger partial charge < -0.3 is 14.5 Å². The van der Waals surface area contributed by atoms with E-state index in [9.17, 15) is 0 Å². The van der Waals surface area contributed by atoms with Gasteiger partial charge in [-0.3, -0.25) is 0 Å². The summed E-state index contributed by atoms with van der Waals surface area (Å²) >= 11 is 0. The number of hydrogen-bond donors (Lipinski definition) is 1. The van der Waals surface area contributed by atoms with Gasteiger partial charge in [-0.1, -0.05) is 0 Å². The van der Waals surface area contributed by atoms with Crippen LogP contribution >= 0.6 is 0 Å². The van der Waals surface area contributed by atoms with Gasteiger partial charge in [0.15, 0.2) is 0 Å². The third-order valence-electron chi connectivity index (χ3n) is 2.54. The first-order chi connectivity index (χ1) is 7.38. The Balaban J connectivity index is 1.77. The number of nitrogens with one attached hydrogen (secondary N) is 1. The lowest BCUT2D eigenvalue weighted by Gasteiger charge is -2.05. The van der Waals surface area contributed by atoms with Crippen LogP contribution in [0.5, 0.6) is 0 Å². The molecule has 2 rings (SSSR count). The highest BCUT2D eigenvalue weighted by molar-refractivity contribution is 4.83. The maximum Gasteiger partial charge on any atom is 0.230 e. The van der Waals surface area contributed by atoms with Crippen LogP contribution in [-0.2, 0) is 17.7 Å². The Bertz CT molecular complexity index is 295. The van der Waals surface area contributed by atoms with Crippen molar-refractivity contribution in [1.29, 1.82) is 0 Å². The van der Waals surface area contributed by atoms with Gasteiger partial charge in [0.25, 0.3) is 0 Å². The molecular weight excluding hydrogens is 194 g/mol. The maximum absolute atomic E-state index is 5.53. The van der Waals surface area contributed by atoms with Crippen LogP contribution in [-0.4, -0.2) is 30.0 Å². The fourth-order valence-electron chi connectivity index (χ4n) is 1.77. The average molecular weight is 211 g/mol. The topological polar surface area (TPSA) is 60.2 Å². The Labute approximate surface area is 89.2 Å². The monoisotopic (exact) mass is 211 g/mol. The molecule has 1 N–H and O–H groups in total. The van der Waals surface area contributed by atoms with Crippen LogP contribution in [0.1, 0.15) is 31.0 Å². The molecule has 1 aliphatic heterocycles. The highest BCUT2D eigenvalue weighted by Gasteiger charge is 2.16. The number of ether oxygens (including phenoxy) is 1. The predicted molar refractivity (Wildman–Crippen MR) is 54.4 cm³/mol. The summed E-state index contributed by atoms with van der Waals surface area (Å²) in [4.78, 5) is 0. The van der Waals surface area contributed by atoms with Crippen LogP contribution in [0.25, 0.3) is 0 Å². The van der Waals surface area contributed by atoms with E-state index in [0.29, 0.717) is 18.5 Å². The lowest BCUT2D eigenvalue weighted by atomic mass is 10.1. The first-order valence-electron chi connectivity index (χ1n) is 5.46. The SMILES string of the molecule is CNCc1nnc(CCC2CCCO2)o1. The predicted octanol–water partition coefficient (Wildman–Crippen LogP) is 0.901. The second-order valence-corrected chi connectivity index (χ2v) is 3.79. The van der Waals surface area contributed by atoms with Gasteiger partial charge >= 0.3 is 0 Å². The molecule has 0 aromatic carbocycles. The summed E-state index contributed by atoms with van der Waals surface area (Å²) in [5.74, 6) is 1.37. The molecule has 1 aromatic rings. The second kappa shape index (κ2) is 5.23. The van der Waals surface area contributed by atoms with E-state index in [0.717, 1.165) is 31.8 Å². The molecule has 0 radical (unpaired) electrons. The van der Waals surface area contributed by atoms with E-state index in [1.807, 2.05) is 7.05 Å². The van der Waals surface area contributed by atoms with Crippen molar-refractivity contribution in [3.8, 4) is 0 Å². The normalized spacial score (nSPS) is 21.0. The Hall–Kier alpha value is -0.940. The molecule has 5 nitrogen and oxygen atoms in total. The molecule has 0 saturated carbocycles. The molecule has 84 valence electrons. The summed E-state index contributed by atoms with van der Waals surface area (Å²) in [5, 5.41) is 10.9. The Morgan fingerprint density at radius 3 is 3.00 bits per heavy atom. The fraction of sp³-hybridized carbons (Fsp3) is 0.800. The molecule has 0 bridgehead atoms. The third kappa shape index (κ3) is 3.00. The van der Waals surface area contributed by atoms with Gasteiger partial charge in [0.2, 0.25) is 11.8 Å². The van der Waals surface area contributed by atoms with E-state index in [4.69, 9.17) is 9.15 Å². The van der Waals surface area contributed by atoms with E-state index < -0.39 is 0 Å². The largest absolute Gasteiger partial charge is 0.424 e. The Morgan fingerprint density at radius 2 is 2.27 bits per heavy atom. The minimum absolute atomic E-state index is 0.393. The first kappa shape index (κ1) is 10.6. The number of hydrogen-bond acceptors (Lipinski definition) is 5. The van der Waals surface area contributed by atoms with Gasteiger partial charge in [0, 0.05) is 13.0 Å². The highest BCUT2D eigenvalue weighted by atomic mass is 16.5. The highest BCUT2D eigenvalue weighted by Crippen LogP contribution is 2.17. The molecule has 0 spiro atoms. The van der Waals surface area contributed by atoms with Gasteiger partial charge in [-0.2, -0.15) is 0 Å². The molecular formula is C10H17N3O2. The zero-order chi connectivity index (χ0) is 10.5. The molecule has 0 amide bonds. The van der Waals surface area contributed by atoms with Crippen molar-refractivity contribution in [2.75, 3.05) is 13.7 Å². The number of aryl methyl sites for hydroxylation is 1. The van der Waals surface area contributed by atoms with Gasteiger partial charge in [-0.05, 0) is 26.3 Å². The molecule has 15 heavy (non-hydrogen) atoms. The van der Waals surface area contributed by atoms with Crippen molar-refractivity contribution in [3.05, 3.63) is 11.8 Å². The summed E-state index contributed by atoms with van der Waals surface area (Å²) in [7, 11) is 1.86. The zero-order valence-electron chi connectivity index (χ0n) is 9.03. The summed E-state index contributed by atoms with van der Waals surface area (Å²) in [5.41, 5.74) is 0. The average Bonchev–Trinajstić information content (AvgIpc) is 2.85. The van der Waals surface area contributed by atoms with Crippen molar-refractivity contribution in [2.24, 2.45) is 0 Å². The Kier molecular flexibility index (Phi) is 3.69. The van der Waals surface area contributed by atoms with E-state index in [2.05, 4.69) is 15.5 Å². The fourth-order valence-corrected chi connectivity index (χ4v) is 1.77. The van der Waals surface area contributed by atoms with E-state index in [1.165, 1.54) is 6.42 Å². The lowest BCUT2D eigenvalue weighted by molar-refractivity contribution is 0.103. The summed E-state index contributed by atoms with van der Waals surface area (Å²) < 4.78 is 11.0. The first-order valence-corrected chi connectivity index (χ1v) is 5.46. The van der Waals surface area contributed by atoms with Crippen molar-refractivity contribution >= 4 is 0 Å². The van der Waals surface area contributed by atoms with E-state index >= 15 is 0 Å². The molecule has 1 aromatic heterocycles. The summed E-state index contributed by atoms with van der Waals surface area (Å²) in [6.07, 6.45) is 4.55. The van der Waals surface area contributed by atoms with Gasteiger partial charge in [-0.25, -0.2) is 0 Å². The summed E-state index contributed by atoms with van der Waals surface area (Å²) in [6.45, 7) is 1.53. The number of nitrogens with zero attached hydrogens (tertiary/aromatic N) is 2. The van der Waals surface area contributed by atoms with Crippen LogP contribution in [0.4, 0.5) is 0 Å². The quantitative estimate of drug-likeness (QED) is 0.784. The second-order valence-electron chi connectivity index (χ2n) is 3.79. The van der Waals surface area contributed by atoms with E-state index in [1.54, 1.807) is 0 Å². The van der Waals surface area contributed by atoms with Crippen molar-refractivity contribution in [2.45, 2.75) is 38.3 Å². The van der Waals surface area contributed by atoms with Crippen molar-refractivity contribution in [1.82, 2.24) is 15.5 Å². The molecule has 5 heteroatoms. The molecule has 1 fully saturated rings. The van der Waals surface area contributed by atoms with Crippen LogP contribution in [0, 0.1) is 0 Å². The smallest absolute Gasteiger partial charge is 0.230 e. The Morgan fingerprint density at radius 1 is 1.40 bits per heavy atom. The molecule has 1 saturated heterocycles. The minimum Gasteiger partial charge on any atom is -0.424 e. The lowest BCUT2D eigenvalue weighted by Crippen LogP contribution is -2.06. The van der Waals surface area contributed by atoms with Crippen LogP contribution in [0.3, 0.4) is 0 Å². The molecule has 1 unspecified atom stereocenters. The van der Waals surface area contributed by atoms with Crippen LogP contribution in [0.2, 0.25) is 0 Å². The third-order valence-corrected chi connectivity index (χ3v) is 2.54. The van der Waals surface area contributed by atoms with Gasteiger partial charge in [0.1, 0.15) is 0 Å². The van der Waals surface area contributed by atoms with E-state index in [-0.39, 0.29) is 0 Å². The van der Waals surface area contributed by atoms with Crippen molar-refractivity contribution < 1.29 is 9.15 Å². The standard InChI is InChI=1S/C10H17N3O2/c1-11-7-10-13-12-9(15-10)5-4-8-3-2-6-14-8/h8,11H,2-7H2,1H3. The molecule has 1 atom stereocenters. The number of aromatic nitrogens is 2. The maximum atomic E-state index is 5.53. The van der Waals surface area contributed by atoms with Gasteiger partial charge in [0.05, 0.1) is 12.6 Å². The van der Waals surface area contributed by atoms with Gasteiger partial charge in [-0.15, -0.1) is 10.2 Å². The van der Waals surface area contributed by atoms with Crippen LogP contribution < -0.4 is 5.32 Å². The molecule has 2 heterocycles. The summed E-state index contributed by atoms with van der Waals surface area (Å²) in [6, 6.07) is 0. The minimum atomic E-state index is 0.393. The van der Waals surface area contributed by atoms with Crippen LogP contribution in [0.15, 0.2) is 4.42 Å².